The quantitative estimate of drug-likeness (QED) is 0.431. The van der Waals surface area contributed by atoms with Gasteiger partial charge in [0.2, 0.25) is 5.78 Å². The SMILES string of the molecule is O=C(/C=C(\O)c1ccc(Cc2ccc(F)cc2)o1)c1ccco1. The molecule has 0 aliphatic rings. The normalized spacial score (nSPS) is 11.6. The highest BCUT2D eigenvalue weighted by molar-refractivity contribution is 6.05. The summed E-state index contributed by atoms with van der Waals surface area (Å²) in [6.07, 6.45) is 2.88. The maximum atomic E-state index is 12.9. The van der Waals surface area contributed by atoms with Gasteiger partial charge in [0.25, 0.3) is 0 Å². The topological polar surface area (TPSA) is 63.6 Å². The second-order valence-corrected chi connectivity index (χ2v) is 4.94. The van der Waals surface area contributed by atoms with Crippen molar-refractivity contribution in [3.8, 4) is 0 Å². The lowest BCUT2D eigenvalue weighted by atomic mass is 10.1. The summed E-state index contributed by atoms with van der Waals surface area (Å²) in [7, 11) is 0. The predicted octanol–water partition coefficient (Wildman–Crippen LogP) is 4.38. The minimum atomic E-state index is -0.455. The molecule has 0 aliphatic carbocycles. The summed E-state index contributed by atoms with van der Waals surface area (Å²) >= 11 is 0. The van der Waals surface area contributed by atoms with Crippen LogP contribution in [0.4, 0.5) is 4.39 Å². The number of benzene rings is 1. The number of furan rings is 2. The molecule has 0 radical (unpaired) electrons. The number of allylic oxidation sites excluding steroid dienone is 1. The van der Waals surface area contributed by atoms with Crippen LogP contribution in [0, 0.1) is 5.82 Å². The lowest BCUT2D eigenvalue weighted by Gasteiger charge is -1.99. The molecule has 2 heterocycles. The first-order valence-corrected chi connectivity index (χ1v) is 6.94. The van der Waals surface area contributed by atoms with E-state index in [0.717, 1.165) is 11.6 Å². The van der Waals surface area contributed by atoms with Crippen LogP contribution in [0.5, 0.6) is 0 Å². The number of carbonyl (C=O) groups is 1. The first kappa shape index (κ1) is 14.8. The maximum Gasteiger partial charge on any atom is 0.224 e. The van der Waals surface area contributed by atoms with Crippen molar-refractivity contribution in [1.82, 2.24) is 0 Å². The van der Waals surface area contributed by atoms with Crippen LogP contribution in [0.15, 0.2) is 69.7 Å². The third kappa shape index (κ3) is 3.58. The molecule has 0 bridgehead atoms. The fourth-order valence-electron chi connectivity index (χ4n) is 2.10. The van der Waals surface area contributed by atoms with E-state index in [2.05, 4.69) is 0 Å². The fourth-order valence-corrected chi connectivity index (χ4v) is 2.10. The molecule has 3 rings (SSSR count). The van der Waals surface area contributed by atoms with Gasteiger partial charge in [-0.25, -0.2) is 4.39 Å². The van der Waals surface area contributed by atoms with Crippen molar-refractivity contribution in [2.75, 3.05) is 0 Å². The molecule has 1 aromatic carbocycles. The Hall–Kier alpha value is -3.08. The molecule has 0 saturated carbocycles. The zero-order valence-corrected chi connectivity index (χ0v) is 12.0. The standard InChI is InChI=1S/C18H13FO4/c19-13-5-3-12(4-6-13)10-14-7-8-18(23-14)16(21)11-15(20)17-2-1-9-22-17/h1-9,11,21H,10H2/b16-11-. The van der Waals surface area contributed by atoms with Gasteiger partial charge in [-0.3, -0.25) is 4.79 Å². The molecule has 4 nitrogen and oxygen atoms in total. The van der Waals surface area contributed by atoms with Crippen molar-refractivity contribution in [2.24, 2.45) is 0 Å². The first-order valence-electron chi connectivity index (χ1n) is 6.94. The number of rotatable bonds is 5. The summed E-state index contributed by atoms with van der Waals surface area (Å²) in [4.78, 5) is 11.8. The van der Waals surface area contributed by atoms with E-state index in [1.54, 1.807) is 30.3 Å². The number of hydrogen-bond acceptors (Lipinski definition) is 4. The third-order valence-electron chi connectivity index (χ3n) is 3.24. The molecule has 0 fully saturated rings. The molecule has 0 saturated heterocycles. The van der Waals surface area contributed by atoms with Gasteiger partial charge in [-0.2, -0.15) is 0 Å². The van der Waals surface area contributed by atoms with Crippen LogP contribution in [0.2, 0.25) is 0 Å². The highest BCUT2D eigenvalue weighted by Gasteiger charge is 2.12. The van der Waals surface area contributed by atoms with Gasteiger partial charge in [0.15, 0.2) is 17.3 Å². The van der Waals surface area contributed by atoms with Gasteiger partial charge in [-0.05, 0) is 42.0 Å². The summed E-state index contributed by atoms with van der Waals surface area (Å²) in [5.74, 6) is -0.125. The minimum Gasteiger partial charge on any atom is -0.504 e. The lowest BCUT2D eigenvalue weighted by molar-refractivity contribution is 0.102. The van der Waals surface area contributed by atoms with E-state index in [0.29, 0.717) is 12.2 Å². The monoisotopic (exact) mass is 312 g/mol. The average Bonchev–Trinajstić information content (AvgIpc) is 3.21. The van der Waals surface area contributed by atoms with Gasteiger partial charge in [0.1, 0.15) is 11.6 Å². The van der Waals surface area contributed by atoms with Crippen LogP contribution in [0.3, 0.4) is 0 Å². The van der Waals surface area contributed by atoms with Gasteiger partial charge in [0.05, 0.1) is 6.26 Å². The number of carbonyl (C=O) groups excluding carboxylic acids is 1. The smallest absolute Gasteiger partial charge is 0.224 e. The largest absolute Gasteiger partial charge is 0.504 e. The van der Waals surface area contributed by atoms with Crippen molar-refractivity contribution < 1.29 is 23.1 Å². The van der Waals surface area contributed by atoms with E-state index in [1.165, 1.54) is 24.5 Å². The van der Waals surface area contributed by atoms with E-state index < -0.39 is 5.78 Å². The Labute approximate surface area is 131 Å². The van der Waals surface area contributed by atoms with Crippen LogP contribution in [-0.4, -0.2) is 10.9 Å². The molecule has 1 N–H and O–H groups in total. The summed E-state index contributed by atoms with van der Waals surface area (Å²) in [5.41, 5.74) is 0.877. The molecule has 0 unspecified atom stereocenters. The predicted molar refractivity (Wildman–Crippen MR) is 81.6 cm³/mol. The van der Waals surface area contributed by atoms with E-state index in [4.69, 9.17) is 8.83 Å². The van der Waals surface area contributed by atoms with Gasteiger partial charge in [-0.1, -0.05) is 12.1 Å². The fraction of sp³-hybridized carbons (Fsp3) is 0.0556. The number of hydrogen-bond donors (Lipinski definition) is 1. The molecule has 23 heavy (non-hydrogen) atoms. The van der Waals surface area contributed by atoms with Crippen LogP contribution >= 0.6 is 0 Å². The second kappa shape index (κ2) is 6.36. The lowest BCUT2D eigenvalue weighted by Crippen LogP contribution is -1.93. The third-order valence-corrected chi connectivity index (χ3v) is 3.24. The number of aliphatic hydroxyl groups excluding tert-OH is 1. The van der Waals surface area contributed by atoms with Gasteiger partial charge >= 0.3 is 0 Å². The summed E-state index contributed by atoms with van der Waals surface area (Å²) in [6.45, 7) is 0. The minimum absolute atomic E-state index is 0.134. The maximum absolute atomic E-state index is 12.9. The molecule has 0 amide bonds. The molecular weight excluding hydrogens is 299 g/mol. The van der Waals surface area contributed by atoms with Crippen molar-refractivity contribution in [1.29, 1.82) is 0 Å². The summed E-state index contributed by atoms with van der Waals surface area (Å²) < 4.78 is 23.3. The van der Waals surface area contributed by atoms with Gasteiger partial charge in [0, 0.05) is 12.5 Å². The molecule has 0 atom stereocenters. The number of ketones is 1. The van der Waals surface area contributed by atoms with E-state index in [1.807, 2.05) is 0 Å². The van der Waals surface area contributed by atoms with E-state index in [9.17, 15) is 14.3 Å². The number of aliphatic hydroxyl groups is 1. The summed E-state index contributed by atoms with van der Waals surface area (Å²) in [5, 5.41) is 9.96. The summed E-state index contributed by atoms with van der Waals surface area (Å²) in [6, 6.07) is 12.4. The highest BCUT2D eigenvalue weighted by atomic mass is 19.1. The molecule has 3 aromatic rings. The number of halogens is 1. The Bertz CT molecular complexity index is 826. The molecule has 116 valence electrons. The zero-order valence-electron chi connectivity index (χ0n) is 12.0. The van der Waals surface area contributed by atoms with Crippen molar-refractivity contribution >= 4 is 11.5 Å². The Morgan fingerprint density at radius 3 is 2.57 bits per heavy atom. The van der Waals surface area contributed by atoms with E-state index >= 15 is 0 Å². The van der Waals surface area contributed by atoms with Crippen LogP contribution in [0.25, 0.3) is 5.76 Å². The van der Waals surface area contributed by atoms with E-state index in [-0.39, 0.29) is 23.1 Å². The van der Waals surface area contributed by atoms with Crippen molar-refractivity contribution in [3.63, 3.8) is 0 Å². The molecule has 0 aliphatic heterocycles. The molecule has 5 heteroatoms. The van der Waals surface area contributed by atoms with Crippen molar-refractivity contribution in [2.45, 2.75) is 6.42 Å². The second-order valence-electron chi connectivity index (χ2n) is 4.94. The average molecular weight is 312 g/mol. The van der Waals surface area contributed by atoms with Gasteiger partial charge < -0.3 is 13.9 Å². The van der Waals surface area contributed by atoms with Crippen molar-refractivity contribution in [3.05, 3.63) is 89.5 Å². The Morgan fingerprint density at radius 1 is 1.09 bits per heavy atom. The molecule has 2 aromatic heterocycles. The zero-order chi connectivity index (χ0) is 16.2. The first-order chi connectivity index (χ1) is 11.1. The van der Waals surface area contributed by atoms with Crippen LogP contribution in [-0.2, 0) is 6.42 Å². The van der Waals surface area contributed by atoms with Crippen LogP contribution in [0.1, 0.15) is 27.6 Å². The van der Waals surface area contributed by atoms with Gasteiger partial charge in [-0.15, -0.1) is 0 Å². The Balaban J connectivity index is 1.73. The van der Waals surface area contributed by atoms with Crippen LogP contribution < -0.4 is 0 Å². The molecule has 0 spiro atoms. The Kier molecular flexibility index (Phi) is 4.10. The highest BCUT2D eigenvalue weighted by Crippen LogP contribution is 2.19. The molecular formula is C18H13FO4. The Morgan fingerprint density at radius 2 is 1.87 bits per heavy atom.